The first-order valence-electron chi connectivity index (χ1n) is 6.75. The van der Waals surface area contributed by atoms with Crippen molar-refractivity contribution < 1.29 is 4.79 Å². The normalized spacial score (nSPS) is 16.9. The van der Waals surface area contributed by atoms with Gasteiger partial charge in [0.15, 0.2) is 0 Å². The predicted octanol–water partition coefficient (Wildman–Crippen LogP) is 3.55. The van der Waals surface area contributed by atoms with E-state index in [0.29, 0.717) is 18.1 Å². The first-order valence-corrected chi connectivity index (χ1v) is 6.75. The van der Waals surface area contributed by atoms with E-state index in [9.17, 15) is 4.79 Å². The lowest BCUT2D eigenvalue weighted by molar-refractivity contribution is -0.120. The van der Waals surface area contributed by atoms with Crippen molar-refractivity contribution in [3.63, 3.8) is 0 Å². The second-order valence-electron chi connectivity index (χ2n) is 5.11. The molecule has 1 fully saturated rings. The van der Waals surface area contributed by atoms with Crippen molar-refractivity contribution >= 4 is 5.78 Å². The summed E-state index contributed by atoms with van der Waals surface area (Å²) in [5.74, 6) is 1.10. The maximum absolute atomic E-state index is 11.9. The molecular formula is C15H21NO. The van der Waals surface area contributed by atoms with Crippen molar-refractivity contribution in [2.24, 2.45) is 5.92 Å². The number of aryl methyl sites for hydroxylation is 1. The average molecular weight is 231 g/mol. The van der Waals surface area contributed by atoms with Crippen LogP contribution in [0.2, 0.25) is 0 Å². The summed E-state index contributed by atoms with van der Waals surface area (Å²) >= 11 is 0. The minimum atomic E-state index is 0.431. The molecule has 1 heterocycles. The fraction of sp³-hybridized carbons (Fsp3) is 0.600. The largest absolute Gasteiger partial charge is 0.300 e. The molecule has 1 aliphatic rings. The van der Waals surface area contributed by atoms with Crippen LogP contribution < -0.4 is 0 Å². The Morgan fingerprint density at radius 1 is 1.29 bits per heavy atom. The summed E-state index contributed by atoms with van der Waals surface area (Å²) in [4.78, 5) is 15.9. The summed E-state index contributed by atoms with van der Waals surface area (Å²) in [5.41, 5.74) is 1.17. The number of Topliss-reactive ketones (excluding diaryl/α,β-unsaturated/α-hetero) is 1. The van der Waals surface area contributed by atoms with E-state index in [2.05, 4.69) is 4.98 Å². The third-order valence-corrected chi connectivity index (χ3v) is 3.66. The van der Waals surface area contributed by atoms with Gasteiger partial charge in [-0.2, -0.15) is 0 Å². The average Bonchev–Trinajstić information content (AvgIpc) is 2.39. The Balaban J connectivity index is 1.70. The highest BCUT2D eigenvalue weighted by atomic mass is 16.1. The molecular weight excluding hydrogens is 210 g/mol. The van der Waals surface area contributed by atoms with E-state index in [1.165, 1.54) is 37.7 Å². The number of aromatic nitrogens is 1. The number of nitrogens with zero attached hydrogens (tertiary/aromatic N) is 1. The molecule has 2 rings (SSSR count). The Labute approximate surface area is 103 Å². The molecule has 1 aliphatic carbocycles. The summed E-state index contributed by atoms with van der Waals surface area (Å²) in [6.45, 7) is 0. The molecule has 2 nitrogen and oxygen atoms in total. The first kappa shape index (κ1) is 12.3. The summed E-state index contributed by atoms with van der Waals surface area (Å²) in [7, 11) is 0. The van der Waals surface area contributed by atoms with Crippen LogP contribution in [-0.4, -0.2) is 10.8 Å². The van der Waals surface area contributed by atoms with Gasteiger partial charge < -0.3 is 0 Å². The molecule has 0 bridgehead atoms. The van der Waals surface area contributed by atoms with Crippen LogP contribution in [-0.2, 0) is 11.2 Å². The van der Waals surface area contributed by atoms with Gasteiger partial charge in [-0.05, 0) is 24.0 Å². The van der Waals surface area contributed by atoms with Gasteiger partial charge in [0.2, 0.25) is 0 Å². The van der Waals surface area contributed by atoms with Crippen LogP contribution in [0.25, 0.3) is 0 Å². The number of hydrogen-bond acceptors (Lipinski definition) is 2. The van der Waals surface area contributed by atoms with Gasteiger partial charge in [0.1, 0.15) is 5.78 Å². The van der Waals surface area contributed by atoms with Gasteiger partial charge in [-0.1, -0.05) is 38.2 Å². The molecule has 17 heavy (non-hydrogen) atoms. The molecule has 1 aromatic rings. The van der Waals surface area contributed by atoms with Gasteiger partial charge in [0.05, 0.1) is 0 Å². The highest BCUT2D eigenvalue weighted by molar-refractivity contribution is 5.78. The zero-order valence-corrected chi connectivity index (χ0v) is 10.4. The standard InChI is InChI=1S/C15H21NO/c17-15(11-13-5-2-1-3-6-13)9-8-14-7-4-10-16-12-14/h4,7,10,12-13H,1-3,5-6,8-9,11H2. The predicted molar refractivity (Wildman–Crippen MR) is 68.8 cm³/mol. The molecule has 2 heteroatoms. The molecule has 0 amide bonds. The van der Waals surface area contributed by atoms with Gasteiger partial charge in [-0.3, -0.25) is 9.78 Å². The molecule has 1 aromatic heterocycles. The minimum Gasteiger partial charge on any atom is -0.300 e. The zero-order chi connectivity index (χ0) is 11.9. The van der Waals surface area contributed by atoms with E-state index in [1.54, 1.807) is 6.20 Å². The number of rotatable bonds is 5. The van der Waals surface area contributed by atoms with Crippen LogP contribution in [0.4, 0.5) is 0 Å². The van der Waals surface area contributed by atoms with Crippen molar-refractivity contribution in [3.8, 4) is 0 Å². The van der Waals surface area contributed by atoms with E-state index < -0.39 is 0 Å². The van der Waals surface area contributed by atoms with E-state index in [0.717, 1.165) is 12.8 Å². The molecule has 0 spiro atoms. The van der Waals surface area contributed by atoms with E-state index in [-0.39, 0.29) is 0 Å². The maximum Gasteiger partial charge on any atom is 0.133 e. The van der Waals surface area contributed by atoms with Crippen LogP contribution in [0, 0.1) is 5.92 Å². The number of carbonyl (C=O) groups is 1. The molecule has 1 saturated carbocycles. The molecule has 0 N–H and O–H groups in total. The lowest BCUT2D eigenvalue weighted by Crippen LogP contribution is -2.12. The Morgan fingerprint density at radius 2 is 2.12 bits per heavy atom. The van der Waals surface area contributed by atoms with Crippen LogP contribution in [0.3, 0.4) is 0 Å². The quantitative estimate of drug-likeness (QED) is 0.775. The lowest BCUT2D eigenvalue weighted by atomic mass is 9.85. The Hall–Kier alpha value is -1.18. The fourth-order valence-electron chi connectivity index (χ4n) is 2.65. The molecule has 0 unspecified atom stereocenters. The van der Waals surface area contributed by atoms with E-state index in [1.807, 2.05) is 18.3 Å². The number of hydrogen-bond donors (Lipinski definition) is 0. The summed E-state index contributed by atoms with van der Waals surface area (Å²) in [6.07, 6.45) is 12.5. The highest BCUT2D eigenvalue weighted by Crippen LogP contribution is 2.26. The maximum atomic E-state index is 11.9. The molecule has 0 atom stereocenters. The second-order valence-corrected chi connectivity index (χ2v) is 5.11. The molecule has 0 saturated heterocycles. The second kappa shape index (κ2) is 6.53. The topological polar surface area (TPSA) is 30.0 Å². The Morgan fingerprint density at radius 3 is 2.82 bits per heavy atom. The minimum absolute atomic E-state index is 0.431. The van der Waals surface area contributed by atoms with Gasteiger partial charge >= 0.3 is 0 Å². The molecule has 0 aliphatic heterocycles. The Bertz CT molecular complexity index is 341. The molecule has 0 radical (unpaired) electrons. The zero-order valence-electron chi connectivity index (χ0n) is 10.4. The van der Waals surface area contributed by atoms with Crippen LogP contribution >= 0.6 is 0 Å². The molecule has 92 valence electrons. The Kier molecular flexibility index (Phi) is 4.72. The third-order valence-electron chi connectivity index (χ3n) is 3.66. The number of carbonyl (C=O) groups excluding carboxylic acids is 1. The van der Waals surface area contributed by atoms with Gasteiger partial charge in [-0.25, -0.2) is 0 Å². The highest BCUT2D eigenvalue weighted by Gasteiger charge is 2.16. The number of pyridine rings is 1. The van der Waals surface area contributed by atoms with E-state index >= 15 is 0 Å². The summed E-state index contributed by atoms with van der Waals surface area (Å²) < 4.78 is 0. The molecule has 0 aromatic carbocycles. The smallest absolute Gasteiger partial charge is 0.133 e. The van der Waals surface area contributed by atoms with Crippen molar-refractivity contribution in [1.82, 2.24) is 4.98 Å². The van der Waals surface area contributed by atoms with Crippen molar-refractivity contribution in [1.29, 1.82) is 0 Å². The van der Waals surface area contributed by atoms with Crippen LogP contribution in [0.5, 0.6) is 0 Å². The monoisotopic (exact) mass is 231 g/mol. The number of ketones is 1. The van der Waals surface area contributed by atoms with Crippen LogP contribution in [0.1, 0.15) is 50.5 Å². The summed E-state index contributed by atoms with van der Waals surface area (Å²) in [6, 6.07) is 3.97. The lowest BCUT2D eigenvalue weighted by Gasteiger charge is -2.20. The third kappa shape index (κ3) is 4.29. The van der Waals surface area contributed by atoms with E-state index in [4.69, 9.17) is 0 Å². The first-order chi connectivity index (χ1) is 8.34. The summed E-state index contributed by atoms with van der Waals surface area (Å²) in [5, 5.41) is 0. The fourth-order valence-corrected chi connectivity index (χ4v) is 2.65. The SMILES string of the molecule is O=C(CCc1cccnc1)CC1CCCCC1. The van der Waals surface area contributed by atoms with Crippen molar-refractivity contribution in [3.05, 3.63) is 30.1 Å². The van der Waals surface area contributed by atoms with Gasteiger partial charge in [0.25, 0.3) is 0 Å². The van der Waals surface area contributed by atoms with Gasteiger partial charge in [0, 0.05) is 25.2 Å². The van der Waals surface area contributed by atoms with Crippen molar-refractivity contribution in [2.45, 2.75) is 51.4 Å². The van der Waals surface area contributed by atoms with Crippen molar-refractivity contribution in [2.75, 3.05) is 0 Å². The van der Waals surface area contributed by atoms with Gasteiger partial charge in [-0.15, -0.1) is 0 Å². The van der Waals surface area contributed by atoms with Crippen LogP contribution in [0.15, 0.2) is 24.5 Å².